The Hall–Kier alpha value is -1.75. The van der Waals surface area contributed by atoms with Crippen LogP contribution in [0, 0.1) is 6.92 Å². The summed E-state index contributed by atoms with van der Waals surface area (Å²) in [5, 5.41) is 0. The first-order valence-corrected chi connectivity index (χ1v) is 6.34. The Morgan fingerprint density at radius 3 is 2.89 bits per heavy atom. The van der Waals surface area contributed by atoms with Gasteiger partial charge in [0.25, 0.3) is 0 Å². The molecule has 0 amide bonds. The van der Waals surface area contributed by atoms with Crippen molar-refractivity contribution in [1.29, 1.82) is 0 Å². The van der Waals surface area contributed by atoms with Crippen LogP contribution in [0.25, 0.3) is 5.82 Å². The van der Waals surface area contributed by atoms with Gasteiger partial charge in [0.1, 0.15) is 16.6 Å². The number of imidazole rings is 1. The fourth-order valence-corrected chi connectivity index (χ4v) is 2.01. The fraction of sp³-hybridized carbons (Fsp3) is 0.308. The fourth-order valence-electron chi connectivity index (χ4n) is 1.85. The lowest BCUT2D eigenvalue weighted by Gasteiger charge is -2.11. The number of rotatable bonds is 4. The molecule has 0 bridgehead atoms. The highest BCUT2D eigenvalue weighted by molar-refractivity contribution is 7.80. The molecule has 0 unspecified atom stereocenters. The van der Waals surface area contributed by atoms with E-state index in [4.69, 9.17) is 18.0 Å². The van der Waals surface area contributed by atoms with E-state index in [2.05, 4.69) is 16.9 Å². The highest BCUT2D eigenvalue weighted by Gasteiger charge is 2.12. The maximum absolute atomic E-state index is 5.75. The minimum Gasteiger partial charge on any atom is -0.389 e. The Kier molecular flexibility index (Phi) is 3.72. The summed E-state index contributed by atoms with van der Waals surface area (Å²) in [7, 11) is 0. The van der Waals surface area contributed by atoms with Crippen molar-refractivity contribution in [2.45, 2.75) is 26.7 Å². The van der Waals surface area contributed by atoms with Gasteiger partial charge in [-0.25, -0.2) is 9.97 Å². The Labute approximate surface area is 112 Å². The molecule has 18 heavy (non-hydrogen) atoms. The van der Waals surface area contributed by atoms with E-state index in [0.29, 0.717) is 4.99 Å². The summed E-state index contributed by atoms with van der Waals surface area (Å²) < 4.78 is 1.96. The second-order valence-electron chi connectivity index (χ2n) is 4.15. The van der Waals surface area contributed by atoms with Gasteiger partial charge in [-0.2, -0.15) is 0 Å². The zero-order valence-corrected chi connectivity index (χ0v) is 11.4. The van der Waals surface area contributed by atoms with Crippen molar-refractivity contribution in [2.24, 2.45) is 5.73 Å². The topological polar surface area (TPSA) is 56.7 Å². The van der Waals surface area contributed by atoms with Crippen LogP contribution in [0.1, 0.15) is 30.4 Å². The summed E-state index contributed by atoms with van der Waals surface area (Å²) in [6.07, 6.45) is 5.61. The SMILES string of the molecule is CCCc1nccn1-c1nc(C)ccc1C(N)=S. The van der Waals surface area contributed by atoms with E-state index >= 15 is 0 Å². The van der Waals surface area contributed by atoms with E-state index in [1.165, 1.54) is 0 Å². The zero-order chi connectivity index (χ0) is 13.1. The Morgan fingerprint density at radius 1 is 1.44 bits per heavy atom. The van der Waals surface area contributed by atoms with Gasteiger partial charge in [-0.1, -0.05) is 19.1 Å². The molecule has 2 N–H and O–H groups in total. The molecular formula is C13H16N4S. The largest absolute Gasteiger partial charge is 0.389 e. The molecule has 0 spiro atoms. The number of nitrogens with zero attached hydrogens (tertiary/aromatic N) is 3. The van der Waals surface area contributed by atoms with Gasteiger partial charge < -0.3 is 5.73 Å². The second kappa shape index (κ2) is 5.27. The molecule has 2 aromatic heterocycles. The number of nitrogens with two attached hydrogens (primary N) is 1. The molecular weight excluding hydrogens is 244 g/mol. The van der Waals surface area contributed by atoms with Crippen molar-refractivity contribution in [3.63, 3.8) is 0 Å². The van der Waals surface area contributed by atoms with E-state index in [1.807, 2.05) is 29.8 Å². The summed E-state index contributed by atoms with van der Waals surface area (Å²) >= 11 is 5.08. The van der Waals surface area contributed by atoms with E-state index in [9.17, 15) is 0 Å². The highest BCUT2D eigenvalue weighted by Crippen LogP contribution is 2.16. The average molecular weight is 260 g/mol. The summed E-state index contributed by atoms with van der Waals surface area (Å²) in [6.45, 7) is 4.07. The van der Waals surface area contributed by atoms with Crippen LogP contribution in [0.4, 0.5) is 0 Å². The van der Waals surface area contributed by atoms with Crippen LogP contribution in [0.5, 0.6) is 0 Å². The quantitative estimate of drug-likeness (QED) is 0.856. The molecule has 0 saturated heterocycles. The molecule has 0 aliphatic carbocycles. The van der Waals surface area contributed by atoms with Crippen molar-refractivity contribution in [1.82, 2.24) is 14.5 Å². The van der Waals surface area contributed by atoms with Gasteiger partial charge in [0, 0.05) is 24.5 Å². The van der Waals surface area contributed by atoms with Gasteiger partial charge in [-0.3, -0.25) is 4.57 Å². The Morgan fingerprint density at radius 2 is 2.22 bits per heavy atom. The molecule has 94 valence electrons. The van der Waals surface area contributed by atoms with Gasteiger partial charge in [0.15, 0.2) is 0 Å². The van der Waals surface area contributed by atoms with Crippen molar-refractivity contribution in [3.8, 4) is 5.82 Å². The van der Waals surface area contributed by atoms with Gasteiger partial charge in [-0.15, -0.1) is 0 Å². The molecule has 0 atom stereocenters. The third kappa shape index (κ3) is 2.41. The Bertz CT molecular complexity index is 574. The van der Waals surface area contributed by atoms with E-state index in [-0.39, 0.29) is 0 Å². The summed E-state index contributed by atoms with van der Waals surface area (Å²) in [6, 6.07) is 3.82. The highest BCUT2D eigenvalue weighted by atomic mass is 32.1. The number of hydrogen-bond acceptors (Lipinski definition) is 3. The normalized spacial score (nSPS) is 10.6. The lowest BCUT2D eigenvalue weighted by atomic mass is 10.2. The summed E-state index contributed by atoms with van der Waals surface area (Å²) in [4.78, 5) is 9.24. The van der Waals surface area contributed by atoms with Crippen molar-refractivity contribution in [3.05, 3.63) is 41.6 Å². The average Bonchev–Trinajstić information content (AvgIpc) is 2.77. The van der Waals surface area contributed by atoms with Crippen LogP contribution in [0.3, 0.4) is 0 Å². The van der Waals surface area contributed by atoms with E-state index in [0.717, 1.165) is 35.7 Å². The molecule has 4 nitrogen and oxygen atoms in total. The third-order valence-corrected chi connectivity index (χ3v) is 2.92. The third-order valence-electron chi connectivity index (χ3n) is 2.70. The minimum absolute atomic E-state index is 0.355. The number of thiocarbonyl (C=S) groups is 1. The van der Waals surface area contributed by atoms with Gasteiger partial charge in [-0.05, 0) is 25.5 Å². The monoisotopic (exact) mass is 260 g/mol. The lowest BCUT2D eigenvalue weighted by Crippen LogP contribution is -2.16. The molecule has 0 aromatic carbocycles. The molecule has 0 radical (unpaired) electrons. The second-order valence-corrected chi connectivity index (χ2v) is 4.59. The van der Waals surface area contributed by atoms with Crippen molar-refractivity contribution in [2.75, 3.05) is 0 Å². The Balaban J connectivity index is 2.58. The minimum atomic E-state index is 0.355. The number of aromatic nitrogens is 3. The number of pyridine rings is 1. The maximum atomic E-state index is 5.75. The van der Waals surface area contributed by atoms with E-state index < -0.39 is 0 Å². The van der Waals surface area contributed by atoms with Gasteiger partial charge in [0.05, 0.1) is 5.56 Å². The first-order valence-electron chi connectivity index (χ1n) is 5.93. The number of hydrogen-bond donors (Lipinski definition) is 1. The molecule has 2 rings (SSSR count). The first-order chi connectivity index (χ1) is 8.63. The van der Waals surface area contributed by atoms with Gasteiger partial charge >= 0.3 is 0 Å². The summed E-state index contributed by atoms with van der Waals surface area (Å²) in [5.74, 6) is 1.75. The molecule has 0 fully saturated rings. The van der Waals surface area contributed by atoms with Gasteiger partial charge in [0.2, 0.25) is 0 Å². The molecule has 2 aromatic rings. The van der Waals surface area contributed by atoms with Crippen LogP contribution in [-0.4, -0.2) is 19.5 Å². The van der Waals surface area contributed by atoms with Crippen LogP contribution < -0.4 is 5.73 Å². The van der Waals surface area contributed by atoms with Crippen LogP contribution in [0.15, 0.2) is 24.5 Å². The first kappa shape index (κ1) is 12.7. The predicted octanol–water partition coefficient (Wildman–Crippen LogP) is 2.16. The summed E-state index contributed by atoms with van der Waals surface area (Å²) in [5.41, 5.74) is 7.47. The zero-order valence-electron chi connectivity index (χ0n) is 10.6. The number of aryl methyl sites for hydroxylation is 2. The molecule has 2 heterocycles. The maximum Gasteiger partial charge on any atom is 0.148 e. The van der Waals surface area contributed by atoms with Crippen molar-refractivity contribution >= 4 is 17.2 Å². The van der Waals surface area contributed by atoms with Crippen LogP contribution in [-0.2, 0) is 6.42 Å². The van der Waals surface area contributed by atoms with E-state index in [1.54, 1.807) is 6.20 Å². The standard InChI is InChI=1S/C13H16N4S/c1-3-4-11-15-7-8-17(11)13-10(12(14)18)6-5-9(2)16-13/h5-8H,3-4H2,1-2H3,(H2,14,18). The predicted molar refractivity (Wildman–Crippen MR) is 76.0 cm³/mol. The molecule has 0 aliphatic heterocycles. The smallest absolute Gasteiger partial charge is 0.148 e. The molecule has 0 saturated carbocycles. The van der Waals surface area contributed by atoms with Crippen LogP contribution in [0.2, 0.25) is 0 Å². The van der Waals surface area contributed by atoms with Crippen LogP contribution >= 0.6 is 12.2 Å². The lowest BCUT2D eigenvalue weighted by molar-refractivity contribution is 0.795. The molecule has 5 heteroatoms. The molecule has 0 aliphatic rings. The van der Waals surface area contributed by atoms with Crippen molar-refractivity contribution < 1.29 is 0 Å².